The van der Waals surface area contributed by atoms with Gasteiger partial charge in [-0.25, -0.2) is 8.78 Å². The van der Waals surface area contributed by atoms with Gasteiger partial charge < -0.3 is 0 Å². The lowest BCUT2D eigenvalue weighted by Crippen LogP contribution is -2.10. The van der Waals surface area contributed by atoms with Gasteiger partial charge >= 0.3 is 0 Å². The smallest absolute Gasteiger partial charge is 0.133 e. The molecule has 0 aliphatic heterocycles. The Morgan fingerprint density at radius 2 is 0.975 bits per heavy atom. The number of thiophene rings is 1. The summed E-state index contributed by atoms with van der Waals surface area (Å²) >= 11 is 5.95. The van der Waals surface area contributed by atoms with Crippen LogP contribution in [0.3, 0.4) is 0 Å². The van der Waals surface area contributed by atoms with E-state index in [1.54, 1.807) is 70.7 Å². The van der Waals surface area contributed by atoms with Crippen molar-refractivity contribution >= 4 is 109 Å². The van der Waals surface area contributed by atoms with Gasteiger partial charge in [-0.05, 0) is 29.6 Å². The second-order valence-electron chi connectivity index (χ2n) is 8.97. The van der Waals surface area contributed by atoms with Crippen molar-refractivity contribution in [1.29, 1.82) is 0 Å². The molecule has 0 radical (unpaired) electrons. The molecule has 0 saturated heterocycles. The summed E-state index contributed by atoms with van der Waals surface area (Å²) in [4.78, 5) is 16.8. The summed E-state index contributed by atoms with van der Waals surface area (Å²) in [6.45, 7) is 0. The highest BCUT2D eigenvalue weighted by molar-refractivity contribution is 7.17. The normalized spacial score (nSPS) is 11.8. The van der Waals surface area contributed by atoms with Gasteiger partial charge in [0.2, 0.25) is 0 Å². The van der Waals surface area contributed by atoms with E-state index in [9.17, 15) is 0 Å². The summed E-state index contributed by atoms with van der Waals surface area (Å²) in [5, 5.41) is 9.36. The van der Waals surface area contributed by atoms with Crippen LogP contribution in [0, 0.1) is 11.6 Å². The summed E-state index contributed by atoms with van der Waals surface area (Å²) < 4.78 is 32.0. The van der Waals surface area contributed by atoms with Crippen LogP contribution in [0.4, 0.5) is 40.2 Å². The predicted octanol–water partition coefficient (Wildman–Crippen LogP) is 10.2. The second-order valence-corrected chi connectivity index (χ2v) is 12.5. The highest BCUT2D eigenvalue weighted by Gasteiger charge is 2.26. The standard InChI is InChI=1S/C29H15F2N5S4/c30-20-8-22(35(24-2-1-7-37-24)25-10-32-13-38-25)18-5-3-17-21(31)9-23(19-6-4-16(20)28(18)29(17)19)36(26-11-33-14-39-26)27-12-34-15-40-27/h1-15H. The molecule has 0 spiro atoms. The van der Waals surface area contributed by atoms with Crippen molar-refractivity contribution < 1.29 is 8.78 Å². The van der Waals surface area contributed by atoms with Crippen LogP contribution in [0.5, 0.6) is 0 Å². The molecule has 0 bridgehead atoms. The first-order valence-electron chi connectivity index (χ1n) is 12.1. The van der Waals surface area contributed by atoms with Crippen LogP contribution in [-0.2, 0) is 0 Å². The molecule has 4 heterocycles. The van der Waals surface area contributed by atoms with Crippen molar-refractivity contribution in [2.75, 3.05) is 9.80 Å². The molecule has 4 aromatic carbocycles. The average Bonchev–Trinajstić information content (AvgIpc) is 3.80. The Labute approximate surface area is 242 Å². The molecule has 8 aromatic rings. The van der Waals surface area contributed by atoms with Crippen molar-refractivity contribution in [3.63, 3.8) is 0 Å². The van der Waals surface area contributed by atoms with Gasteiger partial charge in [0.25, 0.3) is 0 Å². The highest BCUT2D eigenvalue weighted by atomic mass is 32.1. The summed E-state index contributed by atoms with van der Waals surface area (Å²) in [5.74, 6) is -0.741. The Morgan fingerprint density at radius 3 is 1.38 bits per heavy atom. The first-order chi connectivity index (χ1) is 19.7. The molecule has 11 heteroatoms. The zero-order chi connectivity index (χ0) is 26.8. The fourth-order valence-electron chi connectivity index (χ4n) is 5.29. The minimum Gasteiger partial charge on any atom is -0.291 e. The minimum atomic E-state index is -0.376. The number of hydrogen-bond donors (Lipinski definition) is 0. The van der Waals surface area contributed by atoms with Gasteiger partial charge in [0.05, 0.1) is 46.5 Å². The van der Waals surface area contributed by atoms with Crippen molar-refractivity contribution in [2.45, 2.75) is 0 Å². The van der Waals surface area contributed by atoms with Gasteiger partial charge in [-0.3, -0.25) is 24.8 Å². The number of rotatable bonds is 6. The average molecular weight is 600 g/mol. The summed E-state index contributed by atoms with van der Waals surface area (Å²) in [5.41, 5.74) is 6.58. The van der Waals surface area contributed by atoms with Crippen LogP contribution in [0.25, 0.3) is 32.3 Å². The van der Waals surface area contributed by atoms with Crippen molar-refractivity contribution in [3.05, 3.63) is 101 Å². The molecular formula is C29H15F2N5S4. The molecule has 0 aliphatic rings. The maximum atomic E-state index is 16.0. The fraction of sp³-hybridized carbons (Fsp3) is 0. The molecule has 8 rings (SSSR count). The second kappa shape index (κ2) is 9.27. The molecule has 0 saturated carbocycles. The monoisotopic (exact) mass is 599 g/mol. The fourth-order valence-corrected chi connectivity index (χ4v) is 8.12. The zero-order valence-electron chi connectivity index (χ0n) is 20.3. The van der Waals surface area contributed by atoms with Gasteiger partial charge in [0.1, 0.15) is 31.6 Å². The number of benzene rings is 4. The van der Waals surface area contributed by atoms with Crippen LogP contribution in [0.2, 0.25) is 0 Å². The molecule has 5 nitrogen and oxygen atoms in total. The molecule has 194 valence electrons. The van der Waals surface area contributed by atoms with E-state index in [0.717, 1.165) is 30.8 Å². The topological polar surface area (TPSA) is 45.2 Å². The first kappa shape index (κ1) is 23.8. The third kappa shape index (κ3) is 3.55. The number of nitrogens with zero attached hydrogens (tertiary/aromatic N) is 5. The molecule has 0 amide bonds. The molecule has 0 atom stereocenters. The quantitative estimate of drug-likeness (QED) is 0.178. The van der Waals surface area contributed by atoms with Crippen LogP contribution in [-0.4, -0.2) is 15.0 Å². The van der Waals surface area contributed by atoms with E-state index in [4.69, 9.17) is 0 Å². The lowest BCUT2D eigenvalue weighted by molar-refractivity contribution is 0.639. The SMILES string of the molecule is Fc1cc(N(c2cccs2)c2cncs2)c2ccc3c(F)cc(N(c4cncs4)c4cncs4)c4ccc1c2c34. The summed E-state index contributed by atoms with van der Waals surface area (Å²) in [6.07, 6.45) is 5.29. The molecule has 0 unspecified atom stereocenters. The third-order valence-electron chi connectivity index (χ3n) is 6.88. The molecule has 4 aromatic heterocycles. The molecule has 40 heavy (non-hydrogen) atoms. The van der Waals surface area contributed by atoms with Gasteiger partial charge in [0, 0.05) is 32.3 Å². The molecular weight excluding hydrogens is 585 g/mol. The Bertz CT molecular complexity index is 1870. The number of aromatic nitrogens is 3. The van der Waals surface area contributed by atoms with E-state index in [0.29, 0.717) is 32.9 Å². The van der Waals surface area contributed by atoms with E-state index in [1.165, 1.54) is 34.0 Å². The number of halogens is 2. The first-order valence-corrected chi connectivity index (χ1v) is 15.6. The van der Waals surface area contributed by atoms with E-state index < -0.39 is 0 Å². The van der Waals surface area contributed by atoms with Gasteiger partial charge in [0.15, 0.2) is 0 Å². The summed E-state index contributed by atoms with van der Waals surface area (Å²) in [6, 6.07) is 14.5. The van der Waals surface area contributed by atoms with E-state index >= 15 is 8.78 Å². The lowest BCUT2D eigenvalue weighted by Gasteiger charge is -2.26. The van der Waals surface area contributed by atoms with Crippen LogP contribution in [0.1, 0.15) is 0 Å². The summed E-state index contributed by atoms with van der Waals surface area (Å²) in [7, 11) is 0. The Morgan fingerprint density at radius 1 is 0.525 bits per heavy atom. The van der Waals surface area contributed by atoms with Gasteiger partial charge in [-0.2, -0.15) is 0 Å². The maximum absolute atomic E-state index is 16.0. The van der Waals surface area contributed by atoms with Crippen molar-refractivity contribution in [1.82, 2.24) is 15.0 Å². The number of hydrogen-bond acceptors (Lipinski definition) is 9. The Hall–Kier alpha value is -4.03. The van der Waals surface area contributed by atoms with Crippen LogP contribution in [0.15, 0.2) is 89.0 Å². The van der Waals surface area contributed by atoms with Crippen LogP contribution >= 0.6 is 45.3 Å². The maximum Gasteiger partial charge on any atom is 0.133 e. The Kier molecular flexibility index (Phi) is 5.52. The lowest BCUT2D eigenvalue weighted by atomic mass is 9.91. The van der Waals surface area contributed by atoms with Gasteiger partial charge in [-0.1, -0.05) is 24.3 Å². The van der Waals surface area contributed by atoms with Crippen molar-refractivity contribution in [2.24, 2.45) is 0 Å². The van der Waals surface area contributed by atoms with E-state index in [2.05, 4.69) is 15.0 Å². The third-order valence-corrected chi connectivity index (χ3v) is 10.0. The van der Waals surface area contributed by atoms with Gasteiger partial charge in [-0.15, -0.1) is 45.3 Å². The minimum absolute atomic E-state index is 0.365. The molecule has 0 N–H and O–H groups in total. The highest BCUT2D eigenvalue weighted by Crippen LogP contribution is 2.50. The van der Waals surface area contributed by atoms with Crippen molar-refractivity contribution in [3.8, 4) is 0 Å². The molecule has 0 aliphatic carbocycles. The zero-order valence-corrected chi connectivity index (χ0v) is 23.6. The Balaban J connectivity index is 1.48. The van der Waals surface area contributed by atoms with E-state index in [1.807, 2.05) is 39.4 Å². The van der Waals surface area contributed by atoms with E-state index in [-0.39, 0.29) is 11.6 Å². The number of anilines is 6. The molecule has 0 fully saturated rings. The largest absolute Gasteiger partial charge is 0.291 e. The predicted molar refractivity (Wildman–Crippen MR) is 164 cm³/mol. The van der Waals surface area contributed by atoms with Crippen LogP contribution < -0.4 is 9.80 Å². The number of thiazole rings is 3.